The van der Waals surface area contributed by atoms with Gasteiger partial charge in [-0.2, -0.15) is 5.10 Å². The van der Waals surface area contributed by atoms with Crippen molar-refractivity contribution in [2.45, 2.75) is 19.0 Å². The summed E-state index contributed by atoms with van der Waals surface area (Å²) in [5.74, 6) is 1.60. The van der Waals surface area contributed by atoms with Crippen molar-refractivity contribution < 1.29 is 14.3 Å². The summed E-state index contributed by atoms with van der Waals surface area (Å²) in [6.07, 6.45) is 7.29. The molecular weight excluding hydrogens is 544 g/mol. The minimum atomic E-state index is -0.202. The zero-order chi connectivity index (χ0) is 28.6. The highest BCUT2D eigenvalue weighted by molar-refractivity contribution is 7.17. The first-order valence-electron chi connectivity index (χ1n) is 13.7. The fourth-order valence-corrected chi connectivity index (χ4v) is 6.64. The predicted octanol–water partition coefficient (Wildman–Crippen LogP) is 6.90. The molecule has 1 aliphatic carbocycles. The molecule has 0 spiro atoms. The SMILES string of the molecule is COc1ccc(C(c2ccc(OC)cc2)n2nc(-c3ccc(C=O)s3)c3c2-c2ccc(Cn4ccnc4)cc2C3)cc1. The average molecular weight is 573 g/mol. The zero-order valence-corrected chi connectivity index (χ0v) is 24.0. The highest BCUT2D eigenvalue weighted by Gasteiger charge is 2.33. The number of hydrogen-bond acceptors (Lipinski definition) is 6. The molecule has 0 bridgehead atoms. The first-order valence-corrected chi connectivity index (χ1v) is 14.5. The number of carbonyl (C=O) groups is 1. The zero-order valence-electron chi connectivity index (χ0n) is 23.2. The molecule has 6 aromatic rings. The largest absolute Gasteiger partial charge is 0.497 e. The van der Waals surface area contributed by atoms with Crippen LogP contribution in [0.15, 0.2) is 97.6 Å². The molecule has 0 N–H and O–H groups in total. The summed E-state index contributed by atoms with van der Waals surface area (Å²) in [5.41, 5.74) is 9.04. The summed E-state index contributed by atoms with van der Waals surface area (Å²) in [4.78, 5) is 17.4. The van der Waals surface area contributed by atoms with Gasteiger partial charge in [0.25, 0.3) is 0 Å². The molecule has 0 unspecified atom stereocenters. The van der Waals surface area contributed by atoms with Crippen LogP contribution in [-0.2, 0) is 13.0 Å². The van der Waals surface area contributed by atoms with E-state index >= 15 is 0 Å². The number of thiophene rings is 1. The monoisotopic (exact) mass is 572 g/mol. The van der Waals surface area contributed by atoms with E-state index in [0.717, 1.165) is 58.1 Å². The van der Waals surface area contributed by atoms with E-state index in [0.29, 0.717) is 4.88 Å². The second-order valence-corrected chi connectivity index (χ2v) is 11.4. The summed E-state index contributed by atoms with van der Waals surface area (Å²) >= 11 is 1.48. The topological polar surface area (TPSA) is 71.2 Å². The lowest BCUT2D eigenvalue weighted by atomic mass is 9.97. The Bertz CT molecular complexity index is 1820. The van der Waals surface area contributed by atoms with Crippen molar-refractivity contribution in [2.75, 3.05) is 14.2 Å². The maximum atomic E-state index is 11.6. The normalized spacial score (nSPS) is 11.9. The Labute approximate surface area is 247 Å². The first-order chi connectivity index (χ1) is 20.6. The van der Waals surface area contributed by atoms with Gasteiger partial charge in [0.1, 0.15) is 23.2 Å². The van der Waals surface area contributed by atoms with Gasteiger partial charge in [0, 0.05) is 36.5 Å². The highest BCUT2D eigenvalue weighted by Crippen LogP contribution is 2.46. The van der Waals surface area contributed by atoms with Crippen LogP contribution in [0.1, 0.15) is 43.5 Å². The van der Waals surface area contributed by atoms with E-state index in [9.17, 15) is 4.79 Å². The molecule has 0 amide bonds. The van der Waals surface area contributed by atoms with E-state index in [1.165, 1.54) is 33.6 Å². The van der Waals surface area contributed by atoms with Crippen LogP contribution in [0.3, 0.4) is 0 Å². The second kappa shape index (κ2) is 10.8. The molecule has 0 saturated heterocycles. The van der Waals surface area contributed by atoms with Crippen LogP contribution in [0.5, 0.6) is 11.5 Å². The lowest BCUT2D eigenvalue weighted by Crippen LogP contribution is -2.15. The Hall–Kier alpha value is -4.95. The number of aldehydes is 1. The second-order valence-electron chi connectivity index (χ2n) is 10.3. The van der Waals surface area contributed by atoms with Gasteiger partial charge >= 0.3 is 0 Å². The Morgan fingerprint density at radius 3 is 2.24 bits per heavy atom. The van der Waals surface area contributed by atoms with Gasteiger partial charge in [0.2, 0.25) is 0 Å². The number of fused-ring (bicyclic) bond motifs is 3. The third-order valence-corrected chi connectivity index (χ3v) is 8.83. The van der Waals surface area contributed by atoms with Gasteiger partial charge in [0.15, 0.2) is 6.29 Å². The summed E-state index contributed by atoms with van der Waals surface area (Å²) in [7, 11) is 3.35. The maximum Gasteiger partial charge on any atom is 0.160 e. The Kier molecular flexibility index (Phi) is 6.68. The third kappa shape index (κ3) is 4.59. The first kappa shape index (κ1) is 26.0. The number of imidazole rings is 1. The van der Waals surface area contributed by atoms with E-state index in [2.05, 4.69) is 56.7 Å². The van der Waals surface area contributed by atoms with Crippen molar-refractivity contribution >= 4 is 17.6 Å². The Morgan fingerprint density at radius 2 is 1.64 bits per heavy atom. The molecule has 7 nitrogen and oxygen atoms in total. The van der Waals surface area contributed by atoms with Crippen molar-refractivity contribution in [2.24, 2.45) is 0 Å². The number of nitrogens with zero attached hydrogens (tertiary/aromatic N) is 4. The van der Waals surface area contributed by atoms with E-state index in [1.807, 2.05) is 48.9 Å². The van der Waals surface area contributed by atoms with Crippen LogP contribution < -0.4 is 9.47 Å². The summed E-state index contributed by atoms with van der Waals surface area (Å²) < 4.78 is 15.2. The number of ether oxygens (including phenoxy) is 2. The van der Waals surface area contributed by atoms with Gasteiger partial charge in [-0.25, -0.2) is 4.98 Å². The van der Waals surface area contributed by atoms with E-state index in [4.69, 9.17) is 14.6 Å². The van der Waals surface area contributed by atoms with Crippen LogP contribution in [0.25, 0.3) is 21.8 Å². The van der Waals surface area contributed by atoms with E-state index < -0.39 is 0 Å². The molecule has 3 aromatic carbocycles. The Balaban J connectivity index is 1.42. The predicted molar refractivity (Wildman–Crippen MR) is 164 cm³/mol. The van der Waals surface area contributed by atoms with Crippen LogP contribution in [0, 0.1) is 0 Å². The molecule has 8 heteroatoms. The van der Waals surface area contributed by atoms with Crippen LogP contribution in [-0.4, -0.2) is 39.8 Å². The fourth-order valence-electron chi connectivity index (χ4n) is 5.80. The van der Waals surface area contributed by atoms with Crippen molar-refractivity contribution in [3.05, 3.63) is 130 Å². The molecule has 0 aliphatic heterocycles. The fraction of sp³-hybridized carbons (Fsp3) is 0.147. The minimum Gasteiger partial charge on any atom is -0.497 e. The van der Waals surface area contributed by atoms with Crippen LogP contribution >= 0.6 is 11.3 Å². The number of aromatic nitrogens is 4. The van der Waals surface area contributed by atoms with Crippen LogP contribution in [0.2, 0.25) is 0 Å². The van der Waals surface area contributed by atoms with Gasteiger partial charge in [-0.1, -0.05) is 42.5 Å². The quantitative estimate of drug-likeness (QED) is 0.176. The Morgan fingerprint density at radius 1 is 0.929 bits per heavy atom. The van der Waals surface area contributed by atoms with Gasteiger partial charge in [0.05, 0.1) is 36.0 Å². The smallest absolute Gasteiger partial charge is 0.160 e. The average Bonchev–Trinajstić information content (AvgIpc) is 3.84. The molecule has 0 radical (unpaired) electrons. The molecule has 42 heavy (non-hydrogen) atoms. The number of hydrogen-bond donors (Lipinski definition) is 0. The van der Waals surface area contributed by atoms with Crippen LogP contribution in [0.4, 0.5) is 0 Å². The molecule has 208 valence electrons. The van der Waals surface area contributed by atoms with Crippen molar-refractivity contribution in [1.82, 2.24) is 19.3 Å². The highest BCUT2D eigenvalue weighted by atomic mass is 32.1. The van der Waals surface area contributed by atoms with Crippen molar-refractivity contribution in [3.63, 3.8) is 0 Å². The van der Waals surface area contributed by atoms with Crippen molar-refractivity contribution in [3.8, 4) is 33.3 Å². The number of rotatable bonds is 9. The summed E-state index contributed by atoms with van der Waals surface area (Å²) in [6.45, 7) is 0.760. The molecule has 0 fully saturated rings. The van der Waals surface area contributed by atoms with E-state index in [-0.39, 0.29) is 6.04 Å². The third-order valence-electron chi connectivity index (χ3n) is 7.81. The minimum absolute atomic E-state index is 0.202. The number of carbonyl (C=O) groups excluding carboxylic acids is 1. The lowest BCUT2D eigenvalue weighted by molar-refractivity contribution is 0.112. The maximum absolute atomic E-state index is 11.6. The molecule has 3 aromatic heterocycles. The molecule has 0 saturated carbocycles. The van der Waals surface area contributed by atoms with E-state index in [1.54, 1.807) is 20.4 Å². The molecule has 3 heterocycles. The van der Waals surface area contributed by atoms with Gasteiger partial charge in [-0.3, -0.25) is 9.48 Å². The van der Waals surface area contributed by atoms with Gasteiger partial charge < -0.3 is 14.0 Å². The lowest BCUT2D eigenvalue weighted by Gasteiger charge is -2.22. The number of benzene rings is 3. The molecular formula is C34H28N4O3S. The molecule has 7 rings (SSSR count). The summed E-state index contributed by atoms with van der Waals surface area (Å²) in [6, 6.07) is 26.7. The molecule has 1 aliphatic rings. The standard InChI is InChI=1S/C34H28N4O3S/c1-40-26-8-4-23(5-9-26)33(24-6-10-27(41-2)11-7-24)38-34-29-13-3-22(19-37-16-15-35-21-37)17-25(29)18-30(34)32(36-38)31-14-12-28(20-39)42-31/h3-17,20-21,33H,18-19H2,1-2H3. The molecule has 0 atom stereocenters. The van der Waals surface area contributed by atoms with Gasteiger partial charge in [-0.15, -0.1) is 11.3 Å². The summed E-state index contributed by atoms with van der Waals surface area (Å²) in [5, 5.41) is 5.31. The number of methoxy groups -OCH3 is 2. The van der Waals surface area contributed by atoms with Gasteiger partial charge in [-0.05, 0) is 58.7 Å². The van der Waals surface area contributed by atoms with Crippen molar-refractivity contribution in [1.29, 1.82) is 0 Å².